The van der Waals surface area contributed by atoms with Gasteiger partial charge in [0.1, 0.15) is 11.7 Å². The molecule has 0 aromatic heterocycles. The van der Waals surface area contributed by atoms with Crippen LogP contribution in [0.1, 0.15) is 110 Å². The van der Waals surface area contributed by atoms with Gasteiger partial charge in [-0.25, -0.2) is 0 Å². The van der Waals surface area contributed by atoms with Crippen LogP contribution < -0.4 is 16.8 Å². The molecule has 6 fully saturated rings. The van der Waals surface area contributed by atoms with Crippen LogP contribution in [0.15, 0.2) is 0 Å². The Morgan fingerprint density at radius 2 is 1.76 bits per heavy atom. The molecule has 8 atom stereocenters. The monoisotopic (exact) mass is 463 g/mol. The van der Waals surface area contributed by atoms with Crippen LogP contribution in [0.5, 0.6) is 0 Å². The van der Waals surface area contributed by atoms with Crippen LogP contribution in [0.2, 0.25) is 0 Å². The van der Waals surface area contributed by atoms with Crippen molar-refractivity contribution in [2.24, 2.45) is 35.3 Å². The maximum Gasteiger partial charge on any atom is 0.137 e. The summed E-state index contributed by atoms with van der Waals surface area (Å²) in [4.78, 5) is 0. The minimum Gasteiger partial charge on any atom is -0.396 e. The van der Waals surface area contributed by atoms with E-state index < -0.39 is 0 Å². The van der Waals surface area contributed by atoms with Crippen LogP contribution in [0.25, 0.3) is 0 Å². The van der Waals surface area contributed by atoms with E-state index in [-0.39, 0.29) is 23.3 Å². The summed E-state index contributed by atoms with van der Waals surface area (Å²) in [6.45, 7) is 3.97. The second-order valence-corrected chi connectivity index (χ2v) is 13.3. The number of quaternary nitrogens is 2. The van der Waals surface area contributed by atoms with Crippen LogP contribution in [0, 0.1) is 29.6 Å². The second kappa shape index (κ2) is 9.69. The summed E-state index contributed by atoms with van der Waals surface area (Å²) < 4.78 is 7.49. The number of hydrogen-bond acceptors (Lipinski definition) is 3. The van der Waals surface area contributed by atoms with E-state index in [1.165, 1.54) is 96.4 Å². The number of hydrogen-bond donors (Lipinski definition) is 4. The molecule has 5 nitrogen and oxygen atoms in total. The number of piperidine rings is 1. The largest absolute Gasteiger partial charge is 0.396 e. The molecule has 0 spiro atoms. The summed E-state index contributed by atoms with van der Waals surface area (Å²) in [6, 6.07) is 0. The van der Waals surface area contributed by atoms with Crippen molar-refractivity contribution >= 4 is 0 Å². The van der Waals surface area contributed by atoms with E-state index in [2.05, 4.69) is 12.2 Å². The van der Waals surface area contributed by atoms with Crippen molar-refractivity contribution in [3.05, 3.63) is 0 Å². The first-order valence-corrected chi connectivity index (χ1v) is 14.6. The Hall–Kier alpha value is -0.200. The maximum atomic E-state index is 10.0. The Morgan fingerprint density at radius 3 is 2.48 bits per heavy atom. The number of rotatable bonds is 6. The Balaban J connectivity index is 1.35. The van der Waals surface area contributed by atoms with Crippen LogP contribution in [-0.4, -0.2) is 41.2 Å². The van der Waals surface area contributed by atoms with Crippen molar-refractivity contribution in [3.63, 3.8) is 0 Å². The molecular weight excluding hydrogens is 410 g/mol. The van der Waals surface area contributed by atoms with Crippen molar-refractivity contribution < 1.29 is 20.9 Å². The van der Waals surface area contributed by atoms with Gasteiger partial charge in [0.2, 0.25) is 0 Å². The first-order chi connectivity index (χ1) is 15.9. The summed E-state index contributed by atoms with van der Waals surface area (Å²) in [6.07, 6.45) is 20.9. The molecule has 3 saturated carbocycles. The molecule has 3 saturated heterocycles. The minimum absolute atomic E-state index is 0.00240. The Kier molecular flexibility index (Phi) is 7.19. The molecule has 0 amide bonds. The molecule has 33 heavy (non-hydrogen) atoms. The van der Waals surface area contributed by atoms with Gasteiger partial charge in [-0.05, 0) is 76.0 Å². The lowest BCUT2D eigenvalue weighted by molar-refractivity contribution is -0.703. The van der Waals surface area contributed by atoms with Gasteiger partial charge in [-0.2, -0.15) is 0 Å². The van der Waals surface area contributed by atoms with E-state index in [9.17, 15) is 5.11 Å². The number of fused-ring (bicyclic) bond motifs is 3. The lowest BCUT2D eigenvalue weighted by atomic mass is 9.50. The highest BCUT2D eigenvalue weighted by Gasteiger charge is 2.67. The highest BCUT2D eigenvalue weighted by Crippen LogP contribution is 2.62. The molecule has 5 heteroatoms. The maximum absolute atomic E-state index is 10.0. The van der Waals surface area contributed by atoms with Gasteiger partial charge in [-0.1, -0.05) is 32.1 Å². The smallest absolute Gasteiger partial charge is 0.137 e. The molecule has 3 aliphatic carbocycles. The third-order valence-corrected chi connectivity index (χ3v) is 11.3. The molecule has 8 N–H and O–H groups in total. The normalized spacial score (nSPS) is 49.3. The molecule has 6 aliphatic rings. The topological polar surface area (TPSA) is 99.7 Å². The highest BCUT2D eigenvalue weighted by molar-refractivity contribution is 5.15. The SMILES string of the molecule is CC1(C2CCCCC2)OC2(C3CCCC(CC4CCC(N)[NH2+]C4)C3)CCC1C([NH3+])(CCO)C2. The van der Waals surface area contributed by atoms with Crippen LogP contribution in [0.4, 0.5) is 0 Å². The van der Waals surface area contributed by atoms with Gasteiger partial charge < -0.3 is 20.9 Å². The summed E-state index contributed by atoms with van der Waals surface area (Å²) >= 11 is 0. The number of nitrogens with two attached hydrogens (primary N) is 2. The summed E-state index contributed by atoms with van der Waals surface area (Å²) in [5.41, 5.74) is 11.0. The van der Waals surface area contributed by atoms with E-state index >= 15 is 0 Å². The Labute approximate surface area is 202 Å². The van der Waals surface area contributed by atoms with Crippen LogP contribution in [-0.2, 0) is 4.74 Å². The fraction of sp³-hybridized carbons (Fsp3) is 1.00. The van der Waals surface area contributed by atoms with Gasteiger partial charge in [-0.15, -0.1) is 0 Å². The zero-order valence-corrected chi connectivity index (χ0v) is 21.4. The summed E-state index contributed by atoms with van der Waals surface area (Å²) in [7, 11) is 0. The molecule has 0 aromatic rings. The van der Waals surface area contributed by atoms with Gasteiger partial charge >= 0.3 is 0 Å². The predicted molar refractivity (Wildman–Crippen MR) is 131 cm³/mol. The van der Waals surface area contributed by atoms with Gasteiger partial charge in [0.25, 0.3) is 0 Å². The minimum atomic E-state index is -0.0464. The number of aliphatic hydroxyl groups excluding tert-OH is 1. The lowest BCUT2D eigenvalue weighted by Gasteiger charge is -2.66. The first kappa shape index (κ1) is 24.5. The first-order valence-electron chi connectivity index (χ1n) is 14.6. The number of ether oxygens (including phenoxy) is 1. The summed E-state index contributed by atoms with van der Waals surface area (Å²) in [5, 5.41) is 12.4. The molecule has 8 unspecified atom stereocenters. The van der Waals surface area contributed by atoms with E-state index in [0.29, 0.717) is 23.9 Å². The second-order valence-electron chi connectivity index (χ2n) is 13.3. The lowest BCUT2D eigenvalue weighted by Crippen LogP contribution is -2.95. The zero-order chi connectivity index (χ0) is 23.1. The molecular formula is C28H53N3O2+2. The third kappa shape index (κ3) is 4.67. The average Bonchev–Trinajstić information content (AvgIpc) is 2.81. The van der Waals surface area contributed by atoms with Crippen molar-refractivity contribution in [2.45, 2.75) is 133 Å². The van der Waals surface area contributed by atoms with Crippen molar-refractivity contribution in [1.29, 1.82) is 0 Å². The van der Waals surface area contributed by atoms with Crippen molar-refractivity contribution in [3.8, 4) is 0 Å². The van der Waals surface area contributed by atoms with Crippen LogP contribution >= 0.6 is 0 Å². The number of aliphatic hydroxyl groups is 1. The zero-order valence-electron chi connectivity index (χ0n) is 21.4. The molecule has 0 radical (unpaired) electrons. The van der Waals surface area contributed by atoms with Crippen molar-refractivity contribution in [2.75, 3.05) is 13.2 Å². The summed E-state index contributed by atoms with van der Waals surface area (Å²) in [5.74, 6) is 3.56. The van der Waals surface area contributed by atoms with Gasteiger partial charge in [0.05, 0.1) is 17.7 Å². The van der Waals surface area contributed by atoms with E-state index in [1.54, 1.807) is 0 Å². The quantitative estimate of drug-likeness (QED) is 0.487. The van der Waals surface area contributed by atoms with E-state index in [1.807, 2.05) is 0 Å². The Bertz CT molecular complexity index is 662. The molecule has 190 valence electrons. The molecule has 3 aliphatic heterocycles. The highest BCUT2D eigenvalue weighted by atomic mass is 16.5. The molecule has 2 bridgehead atoms. The van der Waals surface area contributed by atoms with Gasteiger partial charge in [0.15, 0.2) is 0 Å². The fourth-order valence-electron chi connectivity index (χ4n) is 9.65. The Morgan fingerprint density at radius 1 is 0.970 bits per heavy atom. The van der Waals surface area contributed by atoms with E-state index in [0.717, 1.165) is 24.7 Å². The van der Waals surface area contributed by atoms with Gasteiger partial charge in [-0.3, -0.25) is 5.73 Å². The van der Waals surface area contributed by atoms with Crippen molar-refractivity contribution in [1.82, 2.24) is 0 Å². The average molecular weight is 464 g/mol. The standard InChI is InChI=1S/C28H51N3O2/c1-26(22-7-3-2-4-8-22)24-12-13-28(33-26,19-27(24,30)14-15-32)23-9-5-6-20(17-23)16-21-10-11-25(29)31-18-21/h20-25,31-32H,2-19,29-30H2,1H3/p+2. The molecule has 6 rings (SSSR count). The van der Waals surface area contributed by atoms with Gasteiger partial charge in [0, 0.05) is 37.7 Å². The molecule has 3 heterocycles. The fourth-order valence-corrected chi connectivity index (χ4v) is 9.65. The third-order valence-electron chi connectivity index (χ3n) is 11.3. The predicted octanol–water partition coefficient (Wildman–Crippen LogP) is 2.71. The van der Waals surface area contributed by atoms with E-state index in [4.69, 9.17) is 16.2 Å². The van der Waals surface area contributed by atoms with Crippen LogP contribution in [0.3, 0.4) is 0 Å². The molecule has 0 aromatic carbocycles.